The summed E-state index contributed by atoms with van der Waals surface area (Å²) >= 11 is 6.18. The van der Waals surface area contributed by atoms with Crippen LogP contribution < -0.4 is 19.7 Å². The van der Waals surface area contributed by atoms with Crippen LogP contribution in [0.1, 0.15) is 13.3 Å². The zero-order valence-electron chi connectivity index (χ0n) is 17.0. The van der Waals surface area contributed by atoms with Crippen molar-refractivity contribution >= 4 is 28.9 Å². The summed E-state index contributed by atoms with van der Waals surface area (Å²) in [4.78, 5) is 17.1. The molecule has 1 amide bonds. The summed E-state index contributed by atoms with van der Waals surface area (Å²) in [5.41, 5.74) is 1.67. The Bertz CT molecular complexity index is 823. The second kappa shape index (κ2) is 10.4. The molecule has 0 aromatic heterocycles. The molecule has 2 aromatic rings. The molecule has 29 heavy (non-hydrogen) atoms. The quantitative estimate of drug-likeness (QED) is 0.706. The zero-order valence-corrected chi connectivity index (χ0v) is 17.7. The molecule has 2 aromatic carbocycles. The van der Waals surface area contributed by atoms with E-state index in [1.807, 2.05) is 37.3 Å². The molecule has 7 heteroatoms. The number of carbonyl (C=O) groups excluding carboxylic acids is 1. The van der Waals surface area contributed by atoms with Gasteiger partial charge in [-0.2, -0.15) is 0 Å². The summed E-state index contributed by atoms with van der Waals surface area (Å²) in [6.45, 7) is 6.30. The van der Waals surface area contributed by atoms with Crippen LogP contribution in [0.2, 0.25) is 5.02 Å². The molecule has 0 aliphatic carbocycles. The lowest BCUT2D eigenvalue weighted by Gasteiger charge is -2.35. The van der Waals surface area contributed by atoms with Crippen molar-refractivity contribution in [1.29, 1.82) is 0 Å². The Kier molecular flexibility index (Phi) is 7.61. The van der Waals surface area contributed by atoms with Crippen LogP contribution in [-0.4, -0.2) is 57.2 Å². The predicted molar refractivity (Wildman–Crippen MR) is 118 cm³/mol. The Morgan fingerprint density at radius 1 is 1.07 bits per heavy atom. The van der Waals surface area contributed by atoms with Crippen molar-refractivity contribution in [3.05, 3.63) is 47.5 Å². The third-order valence-electron chi connectivity index (χ3n) is 4.75. The van der Waals surface area contributed by atoms with E-state index in [-0.39, 0.29) is 12.5 Å². The first-order valence-electron chi connectivity index (χ1n) is 9.94. The normalized spacial score (nSPS) is 14.5. The number of anilines is 2. The van der Waals surface area contributed by atoms with E-state index >= 15 is 0 Å². The van der Waals surface area contributed by atoms with Gasteiger partial charge in [0.1, 0.15) is 0 Å². The monoisotopic (exact) mass is 417 g/mol. The van der Waals surface area contributed by atoms with Gasteiger partial charge in [-0.1, -0.05) is 30.7 Å². The maximum atomic E-state index is 12.6. The van der Waals surface area contributed by atoms with Gasteiger partial charge in [0.05, 0.1) is 18.0 Å². The average Bonchev–Trinajstić information content (AvgIpc) is 2.72. The fraction of sp³-hybridized carbons (Fsp3) is 0.409. The number of nitrogens with zero attached hydrogens (tertiary/aromatic N) is 2. The van der Waals surface area contributed by atoms with Gasteiger partial charge in [0.2, 0.25) is 0 Å². The summed E-state index contributed by atoms with van der Waals surface area (Å²) in [7, 11) is 2.11. The number of rotatable bonds is 8. The molecule has 1 aliphatic heterocycles. The Morgan fingerprint density at radius 2 is 1.76 bits per heavy atom. The second-order valence-corrected chi connectivity index (χ2v) is 7.52. The molecule has 0 bridgehead atoms. The minimum absolute atomic E-state index is 0.110. The van der Waals surface area contributed by atoms with Gasteiger partial charge in [0.25, 0.3) is 5.91 Å². The standard InChI is InChI=1S/C22H28ClN3O3/c1-3-14-28-20-6-4-5-7-21(20)29-16-22(27)24-18-15-17(23)8-9-19(18)26-12-10-25(2)11-13-26/h4-9,15H,3,10-14,16H2,1-2H3,(H,24,27). The number of hydrogen-bond acceptors (Lipinski definition) is 5. The van der Waals surface area contributed by atoms with E-state index in [9.17, 15) is 4.79 Å². The van der Waals surface area contributed by atoms with Crippen molar-refractivity contribution in [2.45, 2.75) is 13.3 Å². The minimum Gasteiger partial charge on any atom is -0.490 e. The molecule has 0 unspecified atom stereocenters. The first-order chi connectivity index (χ1) is 14.1. The van der Waals surface area contributed by atoms with Gasteiger partial charge in [0.15, 0.2) is 18.1 Å². The van der Waals surface area contributed by atoms with Gasteiger partial charge in [-0.15, -0.1) is 0 Å². The van der Waals surface area contributed by atoms with Gasteiger partial charge in [0, 0.05) is 31.2 Å². The van der Waals surface area contributed by atoms with Gasteiger partial charge in [-0.05, 0) is 43.8 Å². The smallest absolute Gasteiger partial charge is 0.262 e. The van der Waals surface area contributed by atoms with Crippen molar-refractivity contribution < 1.29 is 14.3 Å². The fourth-order valence-corrected chi connectivity index (χ4v) is 3.33. The molecule has 156 valence electrons. The summed E-state index contributed by atoms with van der Waals surface area (Å²) in [5.74, 6) is 0.956. The SMILES string of the molecule is CCCOc1ccccc1OCC(=O)Nc1cc(Cl)ccc1N1CCN(C)CC1. The summed E-state index contributed by atoms with van der Waals surface area (Å²) in [5, 5.41) is 3.53. The molecule has 3 rings (SSSR count). The van der Waals surface area contributed by atoms with E-state index in [1.165, 1.54) is 0 Å². The van der Waals surface area contributed by atoms with Gasteiger partial charge in [-0.25, -0.2) is 0 Å². The number of carbonyl (C=O) groups is 1. The van der Waals surface area contributed by atoms with Crippen LogP contribution in [0.25, 0.3) is 0 Å². The van der Waals surface area contributed by atoms with Crippen molar-refractivity contribution in [3.8, 4) is 11.5 Å². The third kappa shape index (κ3) is 6.02. The van der Waals surface area contributed by atoms with E-state index in [0.29, 0.717) is 28.8 Å². The Hall–Kier alpha value is -2.44. The maximum Gasteiger partial charge on any atom is 0.262 e. The van der Waals surface area contributed by atoms with Crippen LogP contribution in [0, 0.1) is 0 Å². The Morgan fingerprint density at radius 3 is 2.45 bits per heavy atom. The molecule has 1 saturated heterocycles. The lowest BCUT2D eigenvalue weighted by Crippen LogP contribution is -2.44. The largest absolute Gasteiger partial charge is 0.490 e. The van der Waals surface area contributed by atoms with E-state index in [4.69, 9.17) is 21.1 Å². The van der Waals surface area contributed by atoms with E-state index in [0.717, 1.165) is 38.3 Å². The predicted octanol–water partition coefficient (Wildman–Crippen LogP) is 3.90. The molecule has 0 spiro atoms. The number of hydrogen-bond donors (Lipinski definition) is 1. The van der Waals surface area contributed by atoms with Crippen LogP contribution in [0.15, 0.2) is 42.5 Å². The highest BCUT2D eigenvalue weighted by Gasteiger charge is 2.18. The fourth-order valence-electron chi connectivity index (χ4n) is 3.16. The molecule has 1 fully saturated rings. The van der Waals surface area contributed by atoms with Gasteiger partial charge < -0.3 is 24.6 Å². The lowest BCUT2D eigenvalue weighted by molar-refractivity contribution is -0.118. The van der Waals surface area contributed by atoms with Gasteiger partial charge >= 0.3 is 0 Å². The molecule has 6 nitrogen and oxygen atoms in total. The van der Waals surface area contributed by atoms with Gasteiger partial charge in [-0.3, -0.25) is 4.79 Å². The van der Waals surface area contributed by atoms with Crippen LogP contribution in [0.5, 0.6) is 11.5 Å². The molecule has 1 aliphatic rings. The zero-order chi connectivity index (χ0) is 20.6. The van der Waals surface area contributed by atoms with Crippen molar-refractivity contribution in [2.24, 2.45) is 0 Å². The highest BCUT2D eigenvalue weighted by Crippen LogP contribution is 2.30. The first-order valence-corrected chi connectivity index (χ1v) is 10.3. The molecular formula is C22H28ClN3O3. The third-order valence-corrected chi connectivity index (χ3v) is 4.98. The Labute approximate surface area is 177 Å². The highest BCUT2D eigenvalue weighted by molar-refractivity contribution is 6.31. The van der Waals surface area contributed by atoms with Crippen molar-refractivity contribution in [1.82, 2.24) is 4.90 Å². The number of nitrogens with one attached hydrogen (secondary N) is 1. The number of ether oxygens (including phenoxy) is 2. The highest BCUT2D eigenvalue weighted by atomic mass is 35.5. The number of para-hydroxylation sites is 2. The number of likely N-dealkylation sites (N-methyl/N-ethyl adjacent to an activating group) is 1. The molecule has 0 radical (unpaired) electrons. The average molecular weight is 418 g/mol. The van der Waals surface area contributed by atoms with E-state index in [1.54, 1.807) is 12.1 Å². The number of benzene rings is 2. The van der Waals surface area contributed by atoms with Crippen LogP contribution >= 0.6 is 11.6 Å². The molecule has 0 atom stereocenters. The molecular weight excluding hydrogens is 390 g/mol. The van der Waals surface area contributed by atoms with E-state index in [2.05, 4.69) is 22.2 Å². The molecule has 1 heterocycles. The van der Waals surface area contributed by atoms with Crippen molar-refractivity contribution in [3.63, 3.8) is 0 Å². The Balaban J connectivity index is 1.64. The summed E-state index contributed by atoms with van der Waals surface area (Å²) in [6.07, 6.45) is 0.901. The number of amides is 1. The summed E-state index contributed by atoms with van der Waals surface area (Å²) < 4.78 is 11.4. The minimum atomic E-state index is -0.243. The van der Waals surface area contributed by atoms with E-state index < -0.39 is 0 Å². The van der Waals surface area contributed by atoms with Crippen LogP contribution in [0.3, 0.4) is 0 Å². The summed E-state index contributed by atoms with van der Waals surface area (Å²) in [6, 6.07) is 13.0. The lowest BCUT2D eigenvalue weighted by atomic mass is 10.2. The molecule has 1 N–H and O–H groups in total. The van der Waals surface area contributed by atoms with Crippen molar-refractivity contribution in [2.75, 3.05) is 56.7 Å². The van der Waals surface area contributed by atoms with Crippen LogP contribution in [-0.2, 0) is 4.79 Å². The number of halogens is 1. The topological polar surface area (TPSA) is 54.0 Å². The number of piperazine rings is 1. The molecule has 0 saturated carbocycles. The first kappa shape index (κ1) is 21.3. The van der Waals surface area contributed by atoms with Crippen LogP contribution in [0.4, 0.5) is 11.4 Å². The second-order valence-electron chi connectivity index (χ2n) is 7.08. The maximum absolute atomic E-state index is 12.6.